The first-order valence-corrected chi connectivity index (χ1v) is 8.85. The van der Waals surface area contributed by atoms with E-state index in [-0.39, 0.29) is 11.7 Å². The smallest absolute Gasteiger partial charge is 0.407 e. The van der Waals surface area contributed by atoms with Crippen LogP contribution in [-0.2, 0) is 0 Å². The quantitative estimate of drug-likeness (QED) is 0.572. The number of aromatic nitrogens is 3. The van der Waals surface area contributed by atoms with Crippen molar-refractivity contribution in [1.82, 2.24) is 20.1 Å². The van der Waals surface area contributed by atoms with Crippen molar-refractivity contribution < 1.29 is 13.6 Å². The summed E-state index contributed by atoms with van der Waals surface area (Å²) in [6.45, 7) is 2.37. The molecule has 5 rings (SSSR count). The average Bonchev–Trinajstić information content (AvgIpc) is 3.35. The second kappa shape index (κ2) is 5.91. The van der Waals surface area contributed by atoms with Crippen molar-refractivity contribution in [2.45, 2.75) is 13.0 Å². The molecule has 2 aromatic heterocycles. The number of rotatable bonds is 3. The van der Waals surface area contributed by atoms with Gasteiger partial charge in [-0.3, -0.25) is 14.9 Å². The van der Waals surface area contributed by atoms with E-state index in [2.05, 4.69) is 15.2 Å². The minimum Gasteiger partial charge on any atom is -0.407 e. The number of carbonyl (C=O) groups is 1. The van der Waals surface area contributed by atoms with Gasteiger partial charge in [-0.1, -0.05) is 18.2 Å². The molecule has 1 atom stereocenters. The molecule has 4 aromatic rings. The maximum absolute atomic E-state index is 13.4. The van der Waals surface area contributed by atoms with Crippen LogP contribution >= 0.6 is 0 Å². The van der Waals surface area contributed by atoms with Crippen molar-refractivity contribution in [2.75, 3.05) is 6.54 Å². The number of para-hydroxylation sites is 1. The first-order chi connectivity index (χ1) is 13.6. The number of nitrogens with zero attached hydrogens (tertiary/aromatic N) is 2. The largest absolute Gasteiger partial charge is 0.417 e. The molecule has 2 N–H and O–H groups in total. The summed E-state index contributed by atoms with van der Waals surface area (Å²) >= 11 is 0. The highest BCUT2D eigenvalue weighted by molar-refractivity contribution is 6.01. The number of oxazole rings is 1. The second-order valence-electron chi connectivity index (χ2n) is 6.60. The van der Waals surface area contributed by atoms with Gasteiger partial charge in [-0.05, 0) is 36.8 Å². The van der Waals surface area contributed by atoms with E-state index >= 15 is 0 Å². The van der Waals surface area contributed by atoms with Gasteiger partial charge in [0.15, 0.2) is 5.58 Å². The SMILES string of the molecule is CCN1C(=O)c2[nH]nc(-c3cccc4[nH]c(=O)oc34)c2C1c1ccc(F)cc1. The minimum atomic E-state index is -0.559. The van der Waals surface area contributed by atoms with Crippen LogP contribution in [0.5, 0.6) is 0 Å². The summed E-state index contributed by atoms with van der Waals surface area (Å²) in [6.07, 6.45) is 0. The fourth-order valence-corrected chi connectivity index (χ4v) is 3.88. The maximum Gasteiger partial charge on any atom is 0.417 e. The fourth-order valence-electron chi connectivity index (χ4n) is 3.88. The minimum absolute atomic E-state index is 0.173. The van der Waals surface area contributed by atoms with Gasteiger partial charge in [0.25, 0.3) is 5.91 Å². The van der Waals surface area contributed by atoms with Crippen LogP contribution in [0.2, 0.25) is 0 Å². The zero-order valence-electron chi connectivity index (χ0n) is 14.8. The highest BCUT2D eigenvalue weighted by Crippen LogP contribution is 2.43. The molecule has 0 bridgehead atoms. The van der Waals surface area contributed by atoms with Crippen LogP contribution in [0.25, 0.3) is 22.4 Å². The lowest BCUT2D eigenvalue weighted by Crippen LogP contribution is -2.29. The van der Waals surface area contributed by atoms with Crippen molar-refractivity contribution in [3.8, 4) is 11.3 Å². The number of carbonyl (C=O) groups excluding carboxylic acids is 1. The fraction of sp³-hybridized carbons (Fsp3) is 0.150. The number of halogens is 1. The van der Waals surface area contributed by atoms with Gasteiger partial charge in [-0.2, -0.15) is 5.10 Å². The molecule has 0 saturated heterocycles. The summed E-state index contributed by atoms with van der Waals surface area (Å²) in [6, 6.07) is 11.0. The van der Waals surface area contributed by atoms with Gasteiger partial charge in [-0.15, -0.1) is 0 Å². The third kappa shape index (κ3) is 2.24. The lowest BCUT2D eigenvalue weighted by atomic mass is 9.96. The zero-order chi connectivity index (χ0) is 19.4. The molecule has 7 nitrogen and oxygen atoms in total. The molecule has 0 spiro atoms. The Labute approximate surface area is 157 Å². The predicted octanol–water partition coefficient (Wildman–Crippen LogP) is 3.22. The monoisotopic (exact) mass is 378 g/mol. The van der Waals surface area contributed by atoms with Crippen molar-refractivity contribution in [3.05, 3.63) is 75.7 Å². The van der Waals surface area contributed by atoms with Crippen LogP contribution in [0.1, 0.15) is 34.6 Å². The van der Waals surface area contributed by atoms with Gasteiger partial charge in [0.1, 0.15) is 17.2 Å². The maximum atomic E-state index is 13.4. The van der Waals surface area contributed by atoms with Crippen LogP contribution in [-0.4, -0.2) is 32.5 Å². The molecular weight excluding hydrogens is 363 g/mol. The van der Waals surface area contributed by atoms with Gasteiger partial charge >= 0.3 is 5.76 Å². The van der Waals surface area contributed by atoms with E-state index in [1.54, 1.807) is 35.2 Å². The molecule has 0 radical (unpaired) electrons. The normalized spacial score (nSPS) is 16.1. The van der Waals surface area contributed by atoms with Crippen molar-refractivity contribution in [1.29, 1.82) is 0 Å². The molecule has 28 heavy (non-hydrogen) atoms. The number of H-pyrrole nitrogens is 2. The lowest BCUT2D eigenvalue weighted by Gasteiger charge is -2.24. The van der Waals surface area contributed by atoms with E-state index in [4.69, 9.17) is 4.42 Å². The number of hydrogen-bond donors (Lipinski definition) is 2. The van der Waals surface area contributed by atoms with Gasteiger partial charge < -0.3 is 9.32 Å². The first kappa shape index (κ1) is 16.5. The Kier molecular flexibility index (Phi) is 3.48. The van der Waals surface area contributed by atoms with E-state index < -0.39 is 11.8 Å². The van der Waals surface area contributed by atoms with Gasteiger partial charge in [0.2, 0.25) is 0 Å². The van der Waals surface area contributed by atoms with Crippen LogP contribution in [0.4, 0.5) is 4.39 Å². The molecule has 140 valence electrons. The topological polar surface area (TPSA) is 95.0 Å². The van der Waals surface area contributed by atoms with E-state index in [1.807, 2.05) is 6.92 Å². The molecule has 0 aliphatic carbocycles. The molecule has 3 heterocycles. The second-order valence-corrected chi connectivity index (χ2v) is 6.60. The third-order valence-corrected chi connectivity index (χ3v) is 5.09. The molecular formula is C20H15FN4O3. The van der Waals surface area contributed by atoms with Gasteiger partial charge in [-0.25, -0.2) is 9.18 Å². The summed E-state index contributed by atoms with van der Waals surface area (Å²) in [5.74, 6) is -1.08. The van der Waals surface area contributed by atoms with E-state index in [0.717, 1.165) is 5.56 Å². The Balaban J connectivity index is 1.76. The Morgan fingerprint density at radius 3 is 2.71 bits per heavy atom. The highest BCUT2D eigenvalue weighted by Gasteiger charge is 2.41. The first-order valence-electron chi connectivity index (χ1n) is 8.85. The Bertz CT molecular complexity index is 1270. The molecule has 1 unspecified atom stereocenters. The summed E-state index contributed by atoms with van der Waals surface area (Å²) in [4.78, 5) is 28.9. The number of nitrogens with one attached hydrogen (secondary N) is 2. The molecule has 0 saturated carbocycles. The summed E-state index contributed by atoms with van der Waals surface area (Å²) < 4.78 is 18.7. The van der Waals surface area contributed by atoms with E-state index in [0.29, 0.717) is 40.2 Å². The number of fused-ring (bicyclic) bond motifs is 2. The van der Waals surface area contributed by atoms with Crippen molar-refractivity contribution in [2.24, 2.45) is 0 Å². The molecule has 1 aliphatic rings. The van der Waals surface area contributed by atoms with Crippen LogP contribution in [0.3, 0.4) is 0 Å². The Morgan fingerprint density at radius 2 is 1.96 bits per heavy atom. The molecule has 1 amide bonds. The number of benzene rings is 2. The highest BCUT2D eigenvalue weighted by atomic mass is 19.1. The number of hydrogen-bond acceptors (Lipinski definition) is 4. The third-order valence-electron chi connectivity index (χ3n) is 5.09. The standard InChI is InChI=1S/C20H15FN4O3/c1-2-25-17(10-6-8-11(21)9-7-10)14-15(23-24-16(14)19(25)26)12-4-3-5-13-18(12)28-20(27)22-13/h3-9,17H,2H2,1H3,(H,22,27)(H,23,24). The Hall–Kier alpha value is -3.68. The van der Waals surface area contributed by atoms with Crippen molar-refractivity contribution in [3.63, 3.8) is 0 Å². The molecule has 2 aromatic carbocycles. The molecule has 1 aliphatic heterocycles. The van der Waals surface area contributed by atoms with Crippen LogP contribution in [0.15, 0.2) is 51.7 Å². The number of amides is 1. The van der Waals surface area contributed by atoms with E-state index in [9.17, 15) is 14.0 Å². The van der Waals surface area contributed by atoms with Gasteiger partial charge in [0, 0.05) is 17.7 Å². The average molecular weight is 378 g/mol. The lowest BCUT2D eigenvalue weighted by molar-refractivity contribution is 0.0754. The van der Waals surface area contributed by atoms with Crippen LogP contribution < -0.4 is 5.76 Å². The summed E-state index contributed by atoms with van der Waals surface area (Å²) in [5.41, 5.74) is 3.92. The van der Waals surface area contributed by atoms with Gasteiger partial charge in [0.05, 0.1) is 11.6 Å². The van der Waals surface area contributed by atoms with Crippen molar-refractivity contribution >= 4 is 17.0 Å². The molecule has 0 fully saturated rings. The summed E-state index contributed by atoms with van der Waals surface area (Å²) in [5, 5.41) is 7.19. The molecule has 8 heteroatoms. The van der Waals surface area contributed by atoms with Crippen LogP contribution in [0, 0.1) is 5.82 Å². The Morgan fingerprint density at radius 1 is 1.18 bits per heavy atom. The van der Waals surface area contributed by atoms with E-state index in [1.165, 1.54) is 12.1 Å². The number of aromatic amines is 2. The zero-order valence-corrected chi connectivity index (χ0v) is 14.8. The summed E-state index contributed by atoms with van der Waals surface area (Å²) in [7, 11) is 0. The predicted molar refractivity (Wildman–Crippen MR) is 99.4 cm³/mol.